The van der Waals surface area contributed by atoms with Gasteiger partial charge in [-0.15, -0.1) is 0 Å². The Labute approximate surface area is 116 Å². The SMILES string of the molecule is CCC(=O)CCCC(=O)N1CCCC2CCCCC21. The van der Waals surface area contributed by atoms with Crippen LogP contribution in [0.4, 0.5) is 0 Å². The second-order valence-corrected chi connectivity index (χ2v) is 6.09. The van der Waals surface area contributed by atoms with Crippen molar-refractivity contribution in [3.05, 3.63) is 0 Å². The molecule has 2 atom stereocenters. The van der Waals surface area contributed by atoms with Crippen molar-refractivity contribution in [2.45, 2.75) is 77.2 Å². The van der Waals surface area contributed by atoms with Crippen LogP contribution < -0.4 is 0 Å². The molecule has 1 aliphatic carbocycles. The van der Waals surface area contributed by atoms with E-state index in [9.17, 15) is 9.59 Å². The average Bonchev–Trinajstić information content (AvgIpc) is 2.46. The van der Waals surface area contributed by atoms with Gasteiger partial charge >= 0.3 is 0 Å². The van der Waals surface area contributed by atoms with E-state index in [4.69, 9.17) is 0 Å². The number of rotatable bonds is 5. The molecule has 0 aromatic rings. The number of fused-ring (bicyclic) bond motifs is 1. The summed E-state index contributed by atoms with van der Waals surface area (Å²) in [5.74, 6) is 1.33. The first-order valence-corrected chi connectivity index (χ1v) is 8.03. The molecular weight excluding hydrogens is 238 g/mol. The highest BCUT2D eigenvalue weighted by atomic mass is 16.2. The van der Waals surface area contributed by atoms with Gasteiger partial charge in [-0.25, -0.2) is 0 Å². The molecule has 1 saturated carbocycles. The van der Waals surface area contributed by atoms with E-state index in [0.29, 0.717) is 31.2 Å². The highest BCUT2D eigenvalue weighted by molar-refractivity contribution is 5.80. The minimum absolute atomic E-state index is 0.280. The zero-order valence-corrected chi connectivity index (χ0v) is 12.2. The highest BCUT2D eigenvalue weighted by Crippen LogP contribution is 2.35. The Hall–Kier alpha value is -0.860. The normalized spacial score (nSPS) is 26.9. The number of nitrogens with zero attached hydrogens (tertiary/aromatic N) is 1. The summed E-state index contributed by atoms with van der Waals surface area (Å²) < 4.78 is 0. The highest BCUT2D eigenvalue weighted by Gasteiger charge is 2.35. The maximum absolute atomic E-state index is 12.3. The van der Waals surface area contributed by atoms with Crippen molar-refractivity contribution in [1.29, 1.82) is 0 Å². The molecule has 2 unspecified atom stereocenters. The summed E-state index contributed by atoms with van der Waals surface area (Å²) in [6.07, 6.45) is 10.1. The molecule has 2 aliphatic rings. The van der Waals surface area contributed by atoms with Crippen molar-refractivity contribution in [2.24, 2.45) is 5.92 Å². The smallest absolute Gasteiger partial charge is 0.222 e. The Morgan fingerprint density at radius 3 is 2.58 bits per heavy atom. The first-order chi connectivity index (χ1) is 9.22. The number of Topliss-reactive ketones (excluding diaryl/α,β-unsaturated/α-hetero) is 1. The average molecular weight is 265 g/mol. The van der Waals surface area contributed by atoms with Gasteiger partial charge in [-0.05, 0) is 38.0 Å². The standard InChI is InChI=1S/C16H27NO2/c1-2-14(18)9-5-11-16(19)17-12-6-8-13-7-3-4-10-15(13)17/h13,15H,2-12H2,1H3. The van der Waals surface area contributed by atoms with Crippen LogP contribution in [0, 0.1) is 5.92 Å². The molecule has 3 nitrogen and oxygen atoms in total. The van der Waals surface area contributed by atoms with Crippen LogP contribution in [-0.4, -0.2) is 29.2 Å². The zero-order valence-electron chi connectivity index (χ0n) is 12.2. The monoisotopic (exact) mass is 265 g/mol. The van der Waals surface area contributed by atoms with Crippen LogP contribution in [0.25, 0.3) is 0 Å². The fourth-order valence-electron chi connectivity index (χ4n) is 3.69. The first kappa shape index (κ1) is 14.5. The van der Waals surface area contributed by atoms with E-state index in [1.165, 1.54) is 38.5 Å². The minimum Gasteiger partial charge on any atom is -0.339 e. The molecule has 0 radical (unpaired) electrons. The first-order valence-electron chi connectivity index (χ1n) is 8.03. The van der Waals surface area contributed by atoms with Gasteiger partial charge in [0.25, 0.3) is 0 Å². The molecule has 0 bridgehead atoms. The van der Waals surface area contributed by atoms with E-state index in [1.54, 1.807) is 0 Å². The van der Waals surface area contributed by atoms with Crippen LogP contribution in [0.5, 0.6) is 0 Å². The van der Waals surface area contributed by atoms with Crippen LogP contribution in [0.3, 0.4) is 0 Å². The lowest BCUT2D eigenvalue weighted by atomic mass is 9.78. The summed E-state index contributed by atoms with van der Waals surface area (Å²) in [7, 11) is 0. The Morgan fingerprint density at radius 1 is 1.05 bits per heavy atom. The molecule has 1 aliphatic heterocycles. The number of carbonyl (C=O) groups excluding carboxylic acids is 2. The molecule has 3 heteroatoms. The molecule has 1 amide bonds. The second-order valence-electron chi connectivity index (χ2n) is 6.09. The third-order valence-electron chi connectivity index (χ3n) is 4.80. The van der Waals surface area contributed by atoms with Crippen molar-refractivity contribution in [3.63, 3.8) is 0 Å². The molecule has 2 rings (SSSR count). The van der Waals surface area contributed by atoms with Crippen LogP contribution in [0.2, 0.25) is 0 Å². The maximum Gasteiger partial charge on any atom is 0.222 e. The van der Waals surface area contributed by atoms with E-state index < -0.39 is 0 Å². The molecule has 1 heterocycles. The van der Waals surface area contributed by atoms with Crippen molar-refractivity contribution in [2.75, 3.05) is 6.54 Å². The van der Waals surface area contributed by atoms with E-state index in [1.807, 2.05) is 6.92 Å². The van der Waals surface area contributed by atoms with Gasteiger partial charge < -0.3 is 4.90 Å². The van der Waals surface area contributed by atoms with Crippen LogP contribution in [0.1, 0.15) is 71.1 Å². The fourth-order valence-corrected chi connectivity index (χ4v) is 3.69. The zero-order chi connectivity index (χ0) is 13.7. The Morgan fingerprint density at radius 2 is 1.79 bits per heavy atom. The molecule has 0 N–H and O–H groups in total. The van der Waals surface area contributed by atoms with Gasteiger partial charge in [0.1, 0.15) is 5.78 Å². The van der Waals surface area contributed by atoms with Crippen molar-refractivity contribution >= 4 is 11.7 Å². The second kappa shape index (κ2) is 7.06. The van der Waals surface area contributed by atoms with Crippen molar-refractivity contribution < 1.29 is 9.59 Å². The quantitative estimate of drug-likeness (QED) is 0.764. The molecule has 0 spiro atoms. The van der Waals surface area contributed by atoms with E-state index >= 15 is 0 Å². The molecule has 1 saturated heterocycles. The minimum atomic E-state index is 0.280. The number of amides is 1. The lowest BCUT2D eigenvalue weighted by molar-refractivity contribution is -0.137. The third kappa shape index (κ3) is 3.80. The number of carbonyl (C=O) groups is 2. The summed E-state index contributed by atoms with van der Waals surface area (Å²) in [5.41, 5.74) is 0. The molecule has 0 aromatic carbocycles. The molecular formula is C16H27NO2. The van der Waals surface area contributed by atoms with Gasteiger partial charge in [-0.1, -0.05) is 19.8 Å². The Kier molecular flexibility index (Phi) is 5.41. The summed E-state index contributed by atoms with van der Waals surface area (Å²) in [5, 5.41) is 0. The topological polar surface area (TPSA) is 37.4 Å². The van der Waals surface area contributed by atoms with E-state index in [-0.39, 0.29) is 5.78 Å². The molecule has 19 heavy (non-hydrogen) atoms. The van der Waals surface area contributed by atoms with Crippen LogP contribution >= 0.6 is 0 Å². The van der Waals surface area contributed by atoms with E-state index in [2.05, 4.69) is 4.90 Å². The van der Waals surface area contributed by atoms with Gasteiger partial charge in [-0.2, -0.15) is 0 Å². The van der Waals surface area contributed by atoms with Gasteiger partial charge in [0.05, 0.1) is 0 Å². The third-order valence-corrected chi connectivity index (χ3v) is 4.80. The van der Waals surface area contributed by atoms with Crippen molar-refractivity contribution in [3.8, 4) is 0 Å². The predicted molar refractivity (Wildman–Crippen MR) is 75.8 cm³/mol. The fraction of sp³-hybridized carbons (Fsp3) is 0.875. The lowest BCUT2D eigenvalue weighted by Crippen LogP contribution is -2.49. The van der Waals surface area contributed by atoms with Crippen LogP contribution in [-0.2, 0) is 9.59 Å². The molecule has 108 valence electrons. The molecule has 2 fully saturated rings. The number of likely N-dealkylation sites (tertiary alicyclic amines) is 1. The van der Waals surface area contributed by atoms with Gasteiger partial charge in [0.2, 0.25) is 5.91 Å². The lowest BCUT2D eigenvalue weighted by Gasteiger charge is -2.44. The van der Waals surface area contributed by atoms with Crippen molar-refractivity contribution in [1.82, 2.24) is 4.90 Å². The number of hydrogen-bond donors (Lipinski definition) is 0. The summed E-state index contributed by atoms with van der Waals surface area (Å²) in [6, 6.07) is 0.511. The summed E-state index contributed by atoms with van der Waals surface area (Å²) in [4.78, 5) is 25.8. The van der Waals surface area contributed by atoms with Crippen LogP contribution in [0.15, 0.2) is 0 Å². The predicted octanol–water partition coefficient (Wildman–Crippen LogP) is 3.32. The Balaban J connectivity index is 1.81. The molecule has 0 aromatic heterocycles. The summed E-state index contributed by atoms with van der Waals surface area (Å²) in [6.45, 7) is 2.84. The number of ketones is 1. The maximum atomic E-state index is 12.3. The van der Waals surface area contributed by atoms with Gasteiger partial charge in [0, 0.05) is 31.8 Å². The number of hydrogen-bond acceptors (Lipinski definition) is 2. The Bertz CT molecular complexity index is 325. The largest absolute Gasteiger partial charge is 0.339 e. The summed E-state index contributed by atoms with van der Waals surface area (Å²) >= 11 is 0. The number of piperidine rings is 1. The van der Waals surface area contributed by atoms with Gasteiger partial charge in [0.15, 0.2) is 0 Å². The van der Waals surface area contributed by atoms with Gasteiger partial charge in [-0.3, -0.25) is 9.59 Å². The van der Waals surface area contributed by atoms with E-state index in [0.717, 1.165) is 18.9 Å².